The Balaban J connectivity index is 1.78. The van der Waals surface area contributed by atoms with Gasteiger partial charge in [-0.15, -0.1) is 0 Å². The van der Waals surface area contributed by atoms with Crippen molar-refractivity contribution < 1.29 is 22.7 Å². The third-order valence-electron chi connectivity index (χ3n) is 3.70. The van der Waals surface area contributed by atoms with Crippen molar-refractivity contribution in [2.24, 2.45) is 0 Å². The van der Waals surface area contributed by atoms with Gasteiger partial charge >= 0.3 is 0 Å². The topological polar surface area (TPSA) is 84.9 Å². The average molecular weight is 431 g/mol. The molecule has 144 valence electrons. The van der Waals surface area contributed by atoms with Gasteiger partial charge in [-0.2, -0.15) is 0 Å². The number of carbonyl (C=O) groups is 1. The van der Waals surface area contributed by atoms with Crippen LogP contribution >= 0.6 is 23.2 Å². The number of rotatable bonds is 5. The molecule has 0 radical (unpaired) electrons. The van der Waals surface area contributed by atoms with Crippen LogP contribution in [0, 0.1) is 0 Å². The number of amides is 1. The SMILES string of the molecule is CS(=O)(=O)N(CC(=O)Nc1ccc2c(c1)OCCO2)c1ccc(Cl)c(Cl)c1. The highest BCUT2D eigenvalue weighted by molar-refractivity contribution is 7.92. The van der Waals surface area contributed by atoms with E-state index in [1.54, 1.807) is 18.2 Å². The lowest BCUT2D eigenvalue weighted by molar-refractivity contribution is -0.114. The van der Waals surface area contributed by atoms with Crippen molar-refractivity contribution in [1.29, 1.82) is 0 Å². The minimum Gasteiger partial charge on any atom is -0.486 e. The molecule has 0 unspecified atom stereocenters. The van der Waals surface area contributed by atoms with Gasteiger partial charge in [0.1, 0.15) is 19.8 Å². The first-order valence-electron chi connectivity index (χ1n) is 7.86. The van der Waals surface area contributed by atoms with Gasteiger partial charge < -0.3 is 14.8 Å². The Morgan fingerprint density at radius 3 is 2.44 bits per heavy atom. The summed E-state index contributed by atoms with van der Waals surface area (Å²) in [6.07, 6.45) is 1.01. The molecule has 2 aromatic rings. The lowest BCUT2D eigenvalue weighted by Gasteiger charge is -2.23. The first kappa shape index (κ1) is 19.6. The van der Waals surface area contributed by atoms with E-state index < -0.39 is 22.5 Å². The van der Waals surface area contributed by atoms with Gasteiger partial charge in [0, 0.05) is 11.8 Å². The number of sulfonamides is 1. The second-order valence-electron chi connectivity index (χ2n) is 5.77. The number of nitrogens with one attached hydrogen (secondary N) is 1. The second-order valence-corrected chi connectivity index (χ2v) is 8.50. The minimum atomic E-state index is -3.72. The summed E-state index contributed by atoms with van der Waals surface area (Å²) in [7, 11) is -3.72. The van der Waals surface area contributed by atoms with E-state index in [0.717, 1.165) is 10.6 Å². The molecule has 0 aliphatic carbocycles. The molecule has 1 aliphatic rings. The monoisotopic (exact) mass is 430 g/mol. The Bertz CT molecular complexity index is 981. The molecule has 27 heavy (non-hydrogen) atoms. The molecule has 0 saturated carbocycles. The minimum absolute atomic E-state index is 0.190. The van der Waals surface area contributed by atoms with Gasteiger partial charge in [-0.1, -0.05) is 23.2 Å². The summed E-state index contributed by atoms with van der Waals surface area (Å²) >= 11 is 11.8. The fourth-order valence-corrected chi connectivity index (χ4v) is 3.63. The standard InChI is InChI=1S/C17H16Cl2N2O5S/c1-27(23,24)21(12-3-4-13(18)14(19)9-12)10-17(22)20-11-2-5-15-16(8-11)26-7-6-25-15/h2-5,8-9H,6-7,10H2,1H3,(H,20,22). The molecule has 0 fully saturated rings. The van der Waals surface area contributed by atoms with Crippen LogP contribution in [0.5, 0.6) is 11.5 Å². The number of hydrogen-bond acceptors (Lipinski definition) is 5. The third kappa shape index (κ3) is 4.77. The molecule has 3 rings (SSSR count). The van der Waals surface area contributed by atoms with Gasteiger partial charge in [0.2, 0.25) is 15.9 Å². The molecule has 1 amide bonds. The lowest BCUT2D eigenvalue weighted by Crippen LogP contribution is -2.37. The van der Waals surface area contributed by atoms with E-state index in [1.165, 1.54) is 18.2 Å². The number of anilines is 2. The number of ether oxygens (including phenoxy) is 2. The van der Waals surface area contributed by atoms with Crippen LogP contribution in [0.3, 0.4) is 0 Å². The van der Waals surface area contributed by atoms with E-state index in [2.05, 4.69) is 5.32 Å². The zero-order chi connectivity index (χ0) is 19.6. The van der Waals surface area contributed by atoms with E-state index >= 15 is 0 Å². The second kappa shape index (κ2) is 7.84. The van der Waals surface area contributed by atoms with Crippen molar-refractivity contribution in [3.8, 4) is 11.5 Å². The van der Waals surface area contributed by atoms with Gasteiger partial charge in [0.15, 0.2) is 11.5 Å². The molecule has 0 bridgehead atoms. The van der Waals surface area contributed by atoms with Crippen molar-refractivity contribution in [3.63, 3.8) is 0 Å². The maximum Gasteiger partial charge on any atom is 0.245 e. The molecule has 2 aromatic carbocycles. The summed E-state index contributed by atoms with van der Waals surface area (Å²) in [6.45, 7) is 0.459. The number of benzene rings is 2. The quantitative estimate of drug-likeness (QED) is 0.786. The number of hydrogen-bond donors (Lipinski definition) is 1. The number of fused-ring (bicyclic) bond motifs is 1. The van der Waals surface area contributed by atoms with Crippen molar-refractivity contribution in [2.75, 3.05) is 35.6 Å². The van der Waals surface area contributed by atoms with E-state index in [0.29, 0.717) is 30.4 Å². The van der Waals surface area contributed by atoms with E-state index in [4.69, 9.17) is 32.7 Å². The predicted octanol–water partition coefficient (Wildman–Crippen LogP) is 3.17. The molecule has 7 nitrogen and oxygen atoms in total. The summed E-state index contributed by atoms with van der Waals surface area (Å²) in [4.78, 5) is 12.4. The van der Waals surface area contributed by atoms with Crippen LogP contribution in [0.1, 0.15) is 0 Å². The summed E-state index contributed by atoms with van der Waals surface area (Å²) < 4.78 is 36.1. The van der Waals surface area contributed by atoms with Crippen LogP contribution in [-0.2, 0) is 14.8 Å². The van der Waals surface area contributed by atoms with Crippen LogP contribution in [0.4, 0.5) is 11.4 Å². The maximum atomic E-state index is 12.4. The molecular weight excluding hydrogens is 415 g/mol. The largest absolute Gasteiger partial charge is 0.486 e. The molecule has 1 heterocycles. The highest BCUT2D eigenvalue weighted by atomic mass is 35.5. The molecule has 0 aromatic heterocycles. The van der Waals surface area contributed by atoms with E-state index in [9.17, 15) is 13.2 Å². The van der Waals surface area contributed by atoms with E-state index in [-0.39, 0.29) is 15.7 Å². The Morgan fingerprint density at radius 1 is 1.07 bits per heavy atom. The lowest BCUT2D eigenvalue weighted by atomic mass is 10.2. The Hall–Kier alpha value is -2.16. The summed E-state index contributed by atoms with van der Waals surface area (Å²) in [5.74, 6) is 0.583. The van der Waals surface area contributed by atoms with E-state index in [1.807, 2.05) is 0 Å². The van der Waals surface area contributed by atoms with Crippen LogP contribution < -0.4 is 19.1 Å². The maximum absolute atomic E-state index is 12.4. The number of carbonyl (C=O) groups excluding carboxylic acids is 1. The molecule has 10 heteroatoms. The van der Waals surface area contributed by atoms with Crippen molar-refractivity contribution >= 4 is 50.5 Å². The Labute approximate surface area is 166 Å². The third-order valence-corrected chi connectivity index (χ3v) is 5.58. The zero-order valence-corrected chi connectivity index (χ0v) is 16.6. The fraction of sp³-hybridized carbons (Fsp3) is 0.235. The highest BCUT2D eigenvalue weighted by Gasteiger charge is 2.22. The van der Waals surface area contributed by atoms with Crippen molar-refractivity contribution in [3.05, 3.63) is 46.4 Å². The zero-order valence-electron chi connectivity index (χ0n) is 14.2. The Kier molecular flexibility index (Phi) is 5.69. The first-order valence-corrected chi connectivity index (χ1v) is 10.5. The summed E-state index contributed by atoms with van der Waals surface area (Å²) in [5, 5.41) is 3.13. The summed E-state index contributed by atoms with van der Waals surface area (Å²) in [6, 6.07) is 9.29. The van der Waals surface area contributed by atoms with Gasteiger partial charge in [-0.25, -0.2) is 8.42 Å². The Morgan fingerprint density at radius 2 is 1.78 bits per heavy atom. The van der Waals surface area contributed by atoms with Crippen LogP contribution in [0.15, 0.2) is 36.4 Å². The van der Waals surface area contributed by atoms with Gasteiger partial charge in [0.05, 0.1) is 22.0 Å². The van der Waals surface area contributed by atoms with Gasteiger partial charge in [-0.05, 0) is 30.3 Å². The van der Waals surface area contributed by atoms with Crippen LogP contribution in [0.25, 0.3) is 0 Å². The first-order chi connectivity index (χ1) is 12.7. The van der Waals surface area contributed by atoms with Crippen LogP contribution in [0.2, 0.25) is 10.0 Å². The van der Waals surface area contributed by atoms with Gasteiger partial charge in [-0.3, -0.25) is 9.10 Å². The molecule has 0 spiro atoms. The molecule has 1 N–H and O–H groups in total. The number of nitrogens with zero attached hydrogens (tertiary/aromatic N) is 1. The molecule has 0 saturated heterocycles. The summed E-state index contributed by atoms with van der Waals surface area (Å²) in [5.41, 5.74) is 0.705. The normalized spacial score (nSPS) is 13.1. The van der Waals surface area contributed by atoms with Gasteiger partial charge in [0.25, 0.3) is 0 Å². The molecule has 0 atom stereocenters. The fourth-order valence-electron chi connectivity index (χ4n) is 2.49. The smallest absolute Gasteiger partial charge is 0.245 e. The molecular formula is C17H16Cl2N2O5S. The highest BCUT2D eigenvalue weighted by Crippen LogP contribution is 2.33. The molecule has 1 aliphatic heterocycles. The van der Waals surface area contributed by atoms with Crippen LogP contribution in [-0.4, -0.2) is 40.3 Å². The predicted molar refractivity (Wildman–Crippen MR) is 105 cm³/mol. The van der Waals surface area contributed by atoms with Crippen molar-refractivity contribution in [1.82, 2.24) is 0 Å². The number of halogens is 2. The van der Waals surface area contributed by atoms with Crippen molar-refractivity contribution in [2.45, 2.75) is 0 Å². The average Bonchev–Trinajstić information content (AvgIpc) is 2.61.